The highest BCUT2D eigenvalue weighted by atomic mass is 16.2. The van der Waals surface area contributed by atoms with Crippen molar-refractivity contribution >= 4 is 28.4 Å². The second-order valence-corrected chi connectivity index (χ2v) is 5.42. The minimum absolute atomic E-state index is 0.0300. The van der Waals surface area contributed by atoms with Crippen LogP contribution in [0.5, 0.6) is 0 Å². The van der Waals surface area contributed by atoms with E-state index in [1.54, 1.807) is 24.3 Å². The minimum Gasteiger partial charge on any atom is -0.325 e. The molecule has 0 fully saturated rings. The fourth-order valence-electron chi connectivity index (χ4n) is 2.56. The number of rotatable bonds is 4. The number of aryl methyl sites for hydroxylation is 1. The van der Waals surface area contributed by atoms with Crippen molar-refractivity contribution in [3.63, 3.8) is 0 Å². The predicted molar refractivity (Wildman–Crippen MR) is 89.5 cm³/mol. The van der Waals surface area contributed by atoms with Crippen molar-refractivity contribution in [3.8, 4) is 0 Å². The van der Waals surface area contributed by atoms with Gasteiger partial charge >= 0.3 is 0 Å². The third-order valence-electron chi connectivity index (χ3n) is 3.70. The van der Waals surface area contributed by atoms with Crippen LogP contribution >= 0.6 is 0 Å². The average Bonchev–Trinajstić information content (AvgIpc) is 2.83. The normalized spacial score (nSPS) is 10.7. The standard InChI is InChI=1S/C18H17N3O2/c1-12(22)14-6-5-7-15(10-14)20-18(23)11-21-13(2)19-16-8-3-4-9-17(16)21/h3-10H,11H2,1-2H3,(H,20,23). The topological polar surface area (TPSA) is 64.0 Å². The first-order valence-corrected chi connectivity index (χ1v) is 7.37. The fraction of sp³-hybridized carbons (Fsp3) is 0.167. The van der Waals surface area contributed by atoms with E-state index in [0.717, 1.165) is 16.9 Å². The van der Waals surface area contributed by atoms with Crippen LogP contribution in [0.2, 0.25) is 0 Å². The van der Waals surface area contributed by atoms with Crippen LogP contribution in [0.1, 0.15) is 23.1 Å². The number of amides is 1. The molecule has 2 aromatic carbocycles. The van der Waals surface area contributed by atoms with E-state index < -0.39 is 0 Å². The van der Waals surface area contributed by atoms with Crippen LogP contribution in [-0.2, 0) is 11.3 Å². The van der Waals surface area contributed by atoms with Crippen molar-refractivity contribution < 1.29 is 9.59 Å². The average molecular weight is 307 g/mol. The first kappa shape index (κ1) is 15.0. The molecule has 0 saturated carbocycles. The lowest BCUT2D eigenvalue weighted by Crippen LogP contribution is -2.19. The van der Waals surface area contributed by atoms with Gasteiger partial charge in [0.1, 0.15) is 12.4 Å². The third-order valence-corrected chi connectivity index (χ3v) is 3.70. The monoisotopic (exact) mass is 307 g/mol. The molecule has 0 atom stereocenters. The van der Waals surface area contributed by atoms with Gasteiger partial charge < -0.3 is 9.88 Å². The molecule has 23 heavy (non-hydrogen) atoms. The molecule has 5 nitrogen and oxygen atoms in total. The minimum atomic E-state index is -0.156. The molecular formula is C18H17N3O2. The highest BCUT2D eigenvalue weighted by Crippen LogP contribution is 2.16. The third kappa shape index (κ3) is 3.13. The smallest absolute Gasteiger partial charge is 0.244 e. The number of fused-ring (bicyclic) bond motifs is 1. The lowest BCUT2D eigenvalue weighted by Gasteiger charge is -2.09. The maximum atomic E-state index is 12.3. The largest absolute Gasteiger partial charge is 0.325 e. The molecule has 0 spiro atoms. The molecule has 0 aliphatic rings. The maximum absolute atomic E-state index is 12.3. The number of Topliss-reactive ketones (excluding diaryl/α,β-unsaturated/α-hetero) is 1. The van der Waals surface area contributed by atoms with Crippen molar-refractivity contribution in [1.29, 1.82) is 0 Å². The van der Waals surface area contributed by atoms with E-state index in [-0.39, 0.29) is 18.2 Å². The second kappa shape index (κ2) is 6.04. The summed E-state index contributed by atoms with van der Waals surface area (Å²) in [7, 11) is 0. The Labute approximate surface area is 134 Å². The SMILES string of the molecule is CC(=O)c1cccc(NC(=O)Cn2c(C)nc3ccccc32)c1. The summed E-state index contributed by atoms with van der Waals surface area (Å²) >= 11 is 0. The summed E-state index contributed by atoms with van der Waals surface area (Å²) in [6, 6.07) is 14.6. The van der Waals surface area contributed by atoms with Gasteiger partial charge in [-0.2, -0.15) is 0 Å². The second-order valence-electron chi connectivity index (χ2n) is 5.42. The number of anilines is 1. The summed E-state index contributed by atoms with van der Waals surface area (Å²) < 4.78 is 1.87. The van der Waals surface area contributed by atoms with Gasteiger partial charge in [0.05, 0.1) is 11.0 Å². The van der Waals surface area contributed by atoms with Gasteiger partial charge in [0, 0.05) is 11.3 Å². The lowest BCUT2D eigenvalue weighted by molar-refractivity contribution is -0.116. The number of benzene rings is 2. The Balaban J connectivity index is 1.80. The van der Waals surface area contributed by atoms with Crippen molar-refractivity contribution in [2.45, 2.75) is 20.4 Å². The molecule has 0 saturated heterocycles. The zero-order chi connectivity index (χ0) is 16.4. The van der Waals surface area contributed by atoms with Crippen LogP contribution in [0.15, 0.2) is 48.5 Å². The molecular weight excluding hydrogens is 290 g/mol. The number of nitrogens with one attached hydrogen (secondary N) is 1. The molecule has 116 valence electrons. The van der Waals surface area contributed by atoms with Crippen LogP contribution in [0.25, 0.3) is 11.0 Å². The van der Waals surface area contributed by atoms with Crippen LogP contribution in [0, 0.1) is 6.92 Å². The van der Waals surface area contributed by atoms with Crippen molar-refractivity contribution in [2.24, 2.45) is 0 Å². The lowest BCUT2D eigenvalue weighted by atomic mass is 10.1. The van der Waals surface area contributed by atoms with Gasteiger partial charge in [-0.3, -0.25) is 9.59 Å². The Morgan fingerprint density at radius 3 is 2.70 bits per heavy atom. The quantitative estimate of drug-likeness (QED) is 0.753. The van der Waals surface area contributed by atoms with Gasteiger partial charge in [-0.25, -0.2) is 4.98 Å². The molecule has 3 rings (SSSR count). The Morgan fingerprint density at radius 2 is 1.91 bits per heavy atom. The first-order valence-electron chi connectivity index (χ1n) is 7.37. The number of aromatic nitrogens is 2. The molecule has 1 amide bonds. The van der Waals surface area contributed by atoms with Crippen molar-refractivity contribution in [2.75, 3.05) is 5.32 Å². The highest BCUT2D eigenvalue weighted by Gasteiger charge is 2.11. The molecule has 0 aliphatic carbocycles. The first-order chi connectivity index (χ1) is 11.0. The molecule has 5 heteroatoms. The summed E-state index contributed by atoms with van der Waals surface area (Å²) in [5, 5.41) is 2.83. The molecule has 1 N–H and O–H groups in total. The number of carbonyl (C=O) groups is 2. The number of hydrogen-bond acceptors (Lipinski definition) is 3. The van der Waals surface area contributed by atoms with E-state index in [2.05, 4.69) is 10.3 Å². The fourth-order valence-corrected chi connectivity index (χ4v) is 2.56. The van der Waals surface area contributed by atoms with Crippen LogP contribution in [0.4, 0.5) is 5.69 Å². The molecule has 0 radical (unpaired) electrons. The number of hydrogen-bond donors (Lipinski definition) is 1. The molecule has 3 aromatic rings. The van der Waals surface area contributed by atoms with E-state index in [1.807, 2.05) is 35.8 Å². The number of nitrogens with zero attached hydrogens (tertiary/aromatic N) is 2. The zero-order valence-electron chi connectivity index (χ0n) is 13.0. The highest BCUT2D eigenvalue weighted by molar-refractivity contribution is 5.97. The molecule has 0 bridgehead atoms. The van der Waals surface area contributed by atoms with Crippen molar-refractivity contribution in [3.05, 3.63) is 59.9 Å². The Hall–Kier alpha value is -2.95. The number of imidazole rings is 1. The Kier molecular flexibility index (Phi) is 3.93. The molecule has 0 aliphatic heterocycles. The van der Waals surface area contributed by atoms with Gasteiger partial charge in [0.15, 0.2) is 5.78 Å². The van der Waals surface area contributed by atoms with E-state index in [4.69, 9.17) is 0 Å². The van der Waals surface area contributed by atoms with Gasteiger partial charge in [-0.15, -0.1) is 0 Å². The van der Waals surface area contributed by atoms with Crippen LogP contribution in [0.3, 0.4) is 0 Å². The molecule has 0 unspecified atom stereocenters. The predicted octanol–water partition coefficient (Wildman–Crippen LogP) is 3.19. The maximum Gasteiger partial charge on any atom is 0.244 e. The van der Waals surface area contributed by atoms with E-state index in [0.29, 0.717) is 11.3 Å². The summed E-state index contributed by atoms with van der Waals surface area (Å²) in [5.41, 5.74) is 2.99. The summed E-state index contributed by atoms with van der Waals surface area (Å²) in [6.45, 7) is 3.56. The zero-order valence-corrected chi connectivity index (χ0v) is 13.0. The summed E-state index contributed by atoms with van der Waals surface area (Å²) in [5.74, 6) is 0.605. The van der Waals surface area contributed by atoms with Crippen LogP contribution in [-0.4, -0.2) is 21.2 Å². The Morgan fingerprint density at radius 1 is 1.13 bits per heavy atom. The number of carbonyl (C=O) groups excluding carboxylic acids is 2. The Bertz CT molecular complexity index is 896. The number of para-hydroxylation sites is 2. The summed E-state index contributed by atoms with van der Waals surface area (Å²) in [4.78, 5) is 28.2. The van der Waals surface area contributed by atoms with E-state index in [1.165, 1.54) is 6.92 Å². The van der Waals surface area contributed by atoms with Gasteiger partial charge in [-0.05, 0) is 38.1 Å². The summed E-state index contributed by atoms with van der Waals surface area (Å²) in [6.07, 6.45) is 0. The van der Waals surface area contributed by atoms with Gasteiger partial charge in [-0.1, -0.05) is 24.3 Å². The van der Waals surface area contributed by atoms with Crippen molar-refractivity contribution in [1.82, 2.24) is 9.55 Å². The van der Waals surface area contributed by atoms with Gasteiger partial charge in [0.25, 0.3) is 0 Å². The van der Waals surface area contributed by atoms with Crippen LogP contribution < -0.4 is 5.32 Å². The van der Waals surface area contributed by atoms with E-state index >= 15 is 0 Å². The van der Waals surface area contributed by atoms with E-state index in [9.17, 15) is 9.59 Å². The molecule has 1 aromatic heterocycles. The molecule has 1 heterocycles. The number of ketones is 1. The van der Waals surface area contributed by atoms with Gasteiger partial charge in [0.2, 0.25) is 5.91 Å².